The average molecular weight is 233 g/mol. The Labute approximate surface area is 88.6 Å². The second-order valence-corrected chi connectivity index (χ2v) is 5.80. The van der Waals surface area contributed by atoms with Gasteiger partial charge in [0.1, 0.15) is 15.7 Å². The molecule has 0 aliphatic rings. The monoisotopic (exact) mass is 233 g/mol. The Hall–Kier alpha value is -1.08. The predicted molar refractivity (Wildman–Crippen MR) is 56.9 cm³/mol. The average Bonchev–Trinajstić information content (AvgIpc) is 2.43. The Bertz CT molecular complexity index is 438. The van der Waals surface area contributed by atoms with Gasteiger partial charge in [-0.15, -0.1) is 0 Å². The quantitative estimate of drug-likeness (QED) is 0.728. The lowest BCUT2D eigenvalue weighted by Gasteiger charge is -2.08. The molecular formula is C8H15N3O3S. The van der Waals surface area contributed by atoms with E-state index in [2.05, 4.69) is 5.10 Å². The van der Waals surface area contributed by atoms with Crippen LogP contribution in [0.2, 0.25) is 0 Å². The smallest absolute Gasteiger partial charge is 0.147 e. The van der Waals surface area contributed by atoms with Crippen molar-refractivity contribution in [3.63, 3.8) is 0 Å². The van der Waals surface area contributed by atoms with Crippen LogP contribution in [0.3, 0.4) is 0 Å². The Balaban J connectivity index is 2.70. The van der Waals surface area contributed by atoms with Crippen LogP contribution in [0.5, 0.6) is 0 Å². The van der Waals surface area contributed by atoms with Crippen LogP contribution < -0.4 is 5.73 Å². The molecule has 0 fully saturated rings. The molecule has 0 radical (unpaired) electrons. The van der Waals surface area contributed by atoms with Crippen molar-refractivity contribution in [1.82, 2.24) is 9.78 Å². The van der Waals surface area contributed by atoms with Crippen LogP contribution >= 0.6 is 0 Å². The number of nitrogen functional groups attached to an aromatic ring is 1. The van der Waals surface area contributed by atoms with Crippen LogP contribution in [0.1, 0.15) is 18.1 Å². The third-order valence-corrected chi connectivity index (χ3v) is 3.11. The molecule has 1 atom stereocenters. The molecule has 0 aliphatic carbocycles. The van der Waals surface area contributed by atoms with Crippen LogP contribution in [0, 0.1) is 0 Å². The molecule has 15 heavy (non-hydrogen) atoms. The third-order valence-electron chi connectivity index (χ3n) is 2.14. The van der Waals surface area contributed by atoms with Crippen molar-refractivity contribution in [3.8, 4) is 0 Å². The van der Waals surface area contributed by atoms with Gasteiger partial charge in [-0.3, -0.25) is 4.68 Å². The minimum absolute atomic E-state index is 0.0670. The maximum absolute atomic E-state index is 10.9. The summed E-state index contributed by atoms with van der Waals surface area (Å²) in [4.78, 5) is 0. The molecule has 1 aromatic rings. The molecule has 1 rings (SSSR count). The molecule has 1 unspecified atom stereocenters. The van der Waals surface area contributed by atoms with Crippen molar-refractivity contribution in [1.29, 1.82) is 0 Å². The molecule has 7 heteroatoms. The number of hydrogen-bond donors (Lipinski definition) is 2. The Morgan fingerprint density at radius 3 is 2.67 bits per heavy atom. The number of aliphatic hydroxyl groups is 1. The second-order valence-electron chi connectivity index (χ2n) is 3.54. The zero-order valence-electron chi connectivity index (χ0n) is 8.71. The van der Waals surface area contributed by atoms with Crippen molar-refractivity contribution < 1.29 is 13.5 Å². The van der Waals surface area contributed by atoms with Crippen molar-refractivity contribution in [2.45, 2.75) is 12.5 Å². The fourth-order valence-electron chi connectivity index (χ4n) is 1.20. The largest absolute Gasteiger partial charge is 0.388 e. The molecule has 86 valence electrons. The molecule has 0 spiro atoms. The highest BCUT2D eigenvalue weighted by atomic mass is 32.2. The number of aryl methyl sites for hydroxylation is 1. The number of aromatic nitrogens is 2. The number of sulfone groups is 1. The van der Waals surface area contributed by atoms with Gasteiger partial charge in [0, 0.05) is 18.9 Å². The molecule has 0 aromatic carbocycles. The molecule has 3 N–H and O–H groups in total. The van der Waals surface area contributed by atoms with Gasteiger partial charge in [-0.2, -0.15) is 5.10 Å². The number of anilines is 1. The van der Waals surface area contributed by atoms with E-state index in [1.54, 1.807) is 7.05 Å². The van der Waals surface area contributed by atoms with E-state index in [9.17, 15) is 13.5 Å². The lowest BCUT2D eigenvalue weighted by atomic mass is 10.1. The van der Waals surface area contributed by atoms with E-state index in [1.165, 1.54) is 10.9 Å². The molecule has 0 saturated heterocycles. The number of aliphatic hydroxyl groups excluding tert-OH is 1. The lowest BCUT2D eigenvalue weighted by molar-refractivity contribution is 0.175. The molecule has 0 amide bonds. The summed E-state index contributed by atoms with van der Waals surface area (Å²) in [6.07, 6.45) is 1.83. The minimum atomic E-state index is -3.06. The van der Waals surface area contributed by atoms with Gasteiger partial charge in [-0.05, 0) is 6.42 Å². The summed E-state index contributed by atoms with van der Waals surface area (Å²) in [6, 6.07) is 0. The first-order valence-corrected chi connectivity index (χ1v) is 6.50. The summed E-state index contributed by atoms with van der Waals surface area (Å²) in [7, 11) is -1.41. The van der Waals surface area contributed by atoms with Crippen molar-refractivity contribution >= 4 is 15.7 Å². The maximum Gasteiger partial charge on any atom is 0.147 e. The minimum Gasteiger partial charge on any atom is -0.388 e. The highest BCUT2D eigenvalue weighted by molar-refractivity contribution is 7.90. The first-order chi connectivity index (χ1) is 6.81. The van der Waals surface area contributed by atoms with E-state index in [-0.39, 0.29) is 12.2 Å². The number of hydrogen-bond acceptors (Lipinski definition) is 5. The fraction of sp³-hybridized carbons (Fsp3) is 0.625. The van der Waals surface area contributed by atoms with Gasteiger partial charge in [-0.25, -0.2) is 8.42 Å². The summed E-state index contributed by atoms with van der Waals surface area (Å²) in [6.45, 7) is 0. The molecular weight excluding hydrogens is 218 g/mol. The summed E-state index contributed by atoms with van der Waals surface area (Å²) in [5, 5.41) is 13.5. The van der Waals surface area contributed by atoms with Crippen molar-refractivity contribution in [3.05, 3.63) is 11.8 Å². The number of rotatable bonds is 4. The highest BCUT2D eigenvalue weighted by Crippen LogP contribution is 2.22. The van der Waals surface area contributed by atoms with E-state index < -0.39 is 15.9 Å². The summed E-state index contributed by atoms with van der Waals surface area (Å²) < 4.78 is 23.2. The summed E-state index contributed by atoms with van der Waals surface area (Å²) in [5.41, 5.74) is 6.11. The van der Waals surface area contributed by atoms with Gasteiger partial charge in [0.25, 0.3) is 0 Å². The topological polar surface area (TPSA) is 98.2 Å². The second kappa shape index (κ2) is 4.19. The molecule has 6 nitrogen and oxygen atoms in total. The Kier molecular flexibility index (Phi) is 3.35. The standard InChI is InChI=1S/C8H15N3O3S/c1-11-8(9)6(5-10-11)7(12)3-4-15(2,13)14/h5,7,12H,3-4,9H2,1-2H3. The predicted octanol–water partition coefficient (Wildman–Crippen LogP) is -0.530. The molecule has 1 aromatic heterocycles. The van der Waals surface area contributed by atoms with E-state index in [1.807, 2.05) is 0 Å². The van der Waals surface area contributed by atoms with Crippen LogP contribution in [0.15, 0.2) is 6.20 Å². The third kappa shape index (κ3) is 3.21. The Morgan fingerprint density at radius 1 is 1.67 bits per heavy atom. The molecule has 0 aliphatic heterocycles. The zero-order valence-corrected chi connectivity index (χ0v) is 9.53. The molecule has 0 bridgehead atoms. The van der Waals surface area contributed by atoms with Gasteiger partial charge in [0.15, 0.2) is 0 Å². The van der Waals surface area contributed by atoms with Crippen LogP contribution in [0.4, 0.5) is 5.82 Å². The first kappa shape index (κ1) is 12.0. The van der Waals surface area contributed by atoms with Crippen molar-refractivity contribution in [2.75, 3.05) is 17.7 Å². The molecule has 0 saturated carbocycles. The van der Waals surface area contributed by atoms with Gasteiger partial charge in [0.2, 0.25) is 0 Å². The van der Waals surface area contributed by atoms with Gasteiger partial charge >= 0.3 is 0 Å². The van der Waals surface area contributed by atoms with E-state index >= 15 is 0 Å². The summed E-state index contributed by atoms with van der Waals surface area (Å²) in [5.74, 6) is 0.290. The maximum atomic E-state index is 10.9. The van der Waals surface area contributed by atoms with Crippen LogP contribution in [0.25, 0.3) is 0 Å². The van der Waals surface area contributed by atoms with Crippen LogP contribution in [-0.2, 0) is 16.9 Å². The fourth-order valence-corrected chi connectivity index (χ4v) is 1.85. The van der Waals surface area contributed by atoms with Crippen LogP contribution in [-0.4, -0.2) is 35.3 Å². The number of nitrogens with two attached hydrogens (primary N) is 1. The number of nitrogens with zero attached hydrogens (tertiary/aromatic N) is 2. The SMILES string of the molecule is Cn1ncc(C(O)CCS(C)(=O)=O)c1N. The van der Waals surface area contributed by atoms with Gasteiger partial charge in [-0.1, -0.05) is 0 Å². The Morgan fingerprint density at radius 2 is 2.27 bits per heavy atom. The van der Waals surface area contributed by atoms with E-state index in [4.69, 9.17) is 5.73 Å². The van der Waals surface area contributed by atoms with E-state index in [0.29, 0.717) is 11.4 Å². The first-order valence-electron chi connectivity index (χ1n) is 4.44. The zero-order chi connectivity index (χ0) is 11.6. The normalized spacial score (nSPS) is 14.1. The molecule has 1 heterocycles. The van der Waals surface area contributed by atoms with Crippen molar-refractivity contribution in [2.24, 2.45) is 7.05 Å². The van der Waals surface area contributed by atoms with Gasteiger partial charge in [0.05, 0.1) is 18.1 Å². The van der Waals surface area contributed by atoms with Gasteiger partial charge < -0.3 is 10.8 Å². The lowest BCUT2D eigenvalue weighted by Crippen LogP contribution is -2.09. The van der Waals surface area contributed by atoms with E-state index in [0.717, 1.165) is 6.26 Å². The summed E-state index contributed by atoms with van der Waals surface area (Å²) >= 11 is 0. The highest BCUT2D eigenvalue weighted by Gasteiger charge is 2.16.